The first-order chi connectivity index (χ1) is 8.65. The molecule has 2 aromatic carbocycles. The highest BCUT2D eigenvalue weighted by atomic mass is 79.9. The summed E-state index contributed by atoms with van der Waals surface area (Å²) < 4.78 is 6.79. The summed E-state index contributed by atoms with van der Waals surface area (Å²) in [5.41, 5.74) is 8.05. The van der Waals surface area contributed by atoms with Gasteiger partial charge in [-0.25, -0.2) is 0 Å². The van der Waals surface area contributed by atoms with E-state index in [0.29, 0.717) is 6.61 Å². The van der Waals surface area contributed by atoms with Crippen LogP contribution in [-0.2, 0) is 6.61 Å². The molecular formula is C15H16BrNO. The maximum absolute atomic E-state index is 5.80. The molecule has 0 aliphatic rings. The van der Waals surface area contributed by atoms with E-state index < -0.39 is 0 Å². The third kappa shape index (κ3) is 3.59. The lowest BCUT2D eigenvalue weighted by atomic mass is 10.1. The number of hydrogen-bond acceptors (Lipinski definition) is 2. The zero-order valence-electron chi connectivity index (χ0n) is 10.3. The number of hydrogen-bond donors (Lipinski definition) is 1. The lowest BCUT2D eigenvalue weighted by Crippen LogP contribution is -2.04. The summed E-state index contributed by atoms with van der Waals surface area (Å²) in [6.45, 7) is 2.54. The number of halogens is 1. The molecule has 2 nitrogen and oxygen atoms in total. The molecule has 94 valence electrons. The van der Waals surface area contributed by atoms with Gasteiger partial charge in [0, 0.05) is 10.5 Å². The van der Waals surface area contributed by atoms with Gasteiger partial charge in [-0.15, -0.1) is 0 Å². The summed E-state index contributed by atoms with van der Waals surface area (Å²) in [5.74, 6) is 0.861. The molecule has 0 spiro atoms. The zero-order chi connectivity index (χ0) is 13.0. The highest BCUT2D eigenvalue weighted by Gasteiger charge is 2.00. The van der Waals surface area contributed by atoms with Crippen LogP contribution in [0.2, 0.25) is 0 Å². The molecule has 0 aliphatic heterocycles. The number of rotatable bonds is 4. The lowest BCUT2D eigenvalue weighted by Gasteiger charge is -2.09. The van der Waals surface area contributed by atoms with Crippen molar-refractivity contribution in [2.75, 3.05) is 0 Å². The molecule has 0 heterocycles. The average molecular weight is 306 g/mol. The monoisotopic (exact) mass is 305 g/mol. The second-order valence-corrected chi connectivity index (χ2v) is 5.19. The molecule has 0 saturated heterocycles. The van der Waals surface area contributed by atoms with Crippen LogP contribution in [0.3, 0.4) is 0 Å². The molecule has 1 atom stereocenters. The Morgan fingerprint density at radius 3 is 2.50 bits per heavy atom. The van der Waals surface area contributed by atoms with Crippen molar-refractivity contribution in [2.24, 2.45) is 5.73 Å². The molecule has 2 rings (SSSR count). The van der Waals surface area contributed by atoms with Gasteiger partial charge in [-0.2, -0.15) is 0 Å². The maximum atomic E-state index is 5.80. The molecule has 0 bridgehead atoms. The van der Waals surface area contributed by atoms with E-state index in [2.05, 4.69) is 22.0 Å². The van der Waals surface area contributed by atoms with Crippen molar-refractivity contribution < 1.29 is 4.74 Å². The molecule has 0 fully saturated rings. The molecule has 2 aromatic rings. The molecule has 2 N–H and O–H groups in total. The second-order valence-electron chi connectivity index (χ2n) is 4.28. The predicted octanol–water partition coefficient (Wildman–Crippen LogP) is 4.05. The quantitative estimate of drug-likeness (QED) is 0.925. The second kappa shape index (κ2) is 6.03. The van der Waals surface area contributed by atoms with E-state index in [0.717, 1.165) is 21.3 Å². The summed E-state index contributed by atoms with van der Waals surface area (Å²) in [5, 5.41) is 0. The van der Waals surface area contributed by atoms with Crippen LogP contribution in [0, 0.1) is 0 Å². The fraction of sp³-hybridized carbons (Fsp3) is 0.200. The van der Waals surface area contributed by atoms with E-state index in [1.54, 1.807) is 0 Å². The Morgan fingerprint density at radius 1 is 1.17 bits per heavy atom. The topological polar surface area (TPSA) is 35.2 Å². The van der Waals surface area contributed by atoms with Crippen molar-refractivity contribution in [3.63, 3.8) is 0 Å². The van der Waals surface area contributed by atoms with Crippen molar-refractivity contribution in [1.82, 2.24) is 0 Å². The summed E-state index contributed by atoms with van der Waals surface area (Å²) in [7, 11) is 0. The van der Waals surface area contributed by atoms with Gasteiger partial charge in [0.05, 0.1) is 0 Å². The van der Waals surface area contributed by atoms with E-state index in [-0.39, 0.29) is 6.04 Å². The fourth-order valence-electron chi connectivity index (χ4n) is 1.66. The summed E-state index contributed by atoms with van der Waals surface area (Å²) in [4.78, 5) is 0. The van der Waals surface area contributed by atoms with Gasteiger partial charge in [-0.1, -0.05) is 40.2 Å². The van der Waals surface area contributed by atoms with Crippen LogP contribution in [0.25, 0.3) is 0 Å². The van der Waals surface area contributed by atoms with E-state index >= 15 is 0 Å². The van der Waals surface area contributed by atoms with Crippen LogP contribution < -0.4 is 10.5 Å². The molecule has 0 saturated carbocycles. The summed E-state index contributed by atoms with van der Waals surface area (Å²) >= 11 is 3.44. The first-order valence-electron chi connectivity index (χ1n) is 5.88. The minimum absolute atomic E-state index is 0.0594. The Hall–Kier alpha value is -1.32. The number of benzene rings is 2. The molecule has 0 radical (unpaired) electrons. The van der Waals surface area contributed by atoms with E-state index in [4.69, 9.17) is 10.5 Å². The molecule has 0 unspecified atom stereocenters. The van der Waals surface area contributed by atoms with Gasteiger partial charge < -0.3 is 10.5 Å². The van der Waals surface area contributed by atoms with Crippen molar-refractivity contribution >= 4 is 15.9 Å². The predicted molar refractivity (Wildman–Crippen MR) is 77.5 cm³/mol. The highest BCUT2D eigenvalue weighted by Crippen LogP contribution is 2.18. The lowest BCUT2D eigenvalue weighted by molar-refractivity contribution is 0.306. The van der Waals surface area contributed by atoms with E-state index in [9.17, 15) is 0 Å². The number of ether oxygens (including phenoxy) is 1. The molecule has 0 aliphatic carbocycles. The Balaban J connectivity index is 1.98. The van der Waals surface area contributed by atoms with Gasteiger partial charge in [-0.3, -0.25) is 0 Å². The Morgan fingerprint density at radius 2 is 1.89 bits per heavy atom. The molecule has 18 heavy (non-hydrogen) atoms. The summed E-state index contributed by atoms with van der Waals surface area (Å²) in [6, 6.07) is 16.1. The minimum Gasteiger partial charge on any atom is -0.489 e. The van der Waals surface area contributed by atoms with Crippen LogP contribution >= 0.6 is 15.9 Å². The highest BCUT2D eigenvalue weighted by molar-refractivity contribution is 9.10. The Labute approximate surface area is 116 Å². The van der Waals surface area contributed by atoms with Crippen molar-refractivity contribution in [3.05, 3.63) is 64.1 Å². The van der Waals surface area contributed by atoms with Crippen LogP contribution in [0.5, 0.6) is 5.75 Å². The minimum atomic E-state index is 0.0594. The van der Waals surface area contributed by atoms with Crippen LogP contribution in [0.1, 0.15) is 24.1 Å². The normalized spacial score (nSPS) is 12.2. The van der Waals surface area contributed by atoms with Crippen LogP contribution in [0.4, 0.5) is 0 Å². The van der Waals surface area contributed by atoms with Crippen molar-refractivity contribution in [3.8, 4) is 5.75 Å². The van der Waals surface area contributed by atoms with Crippen LogP contribution in [0.15, 0.2) is 53.0 Å². The largest absolute Gasteiger partial charge is 0.489 e. The fourth-order valence-corrected chi connectivity index (χ4v) is 2.11. The first kappa shape index (κ1) is 13.1. The number of nitrogens with two attached hydrogens (primary N) is 1. The SMILES string of the molecule is C[C@@H](N)c1ccc(OCc2cccc(Br)c2)cc1. The average Bonchev–Trinajstić information content (AvgIpc) is 2.37. The van der Waals surface area contributed by atoms with Crippen molar-refractivity contribution in [1.29, 1.82) is 0 Å². The third-order valence-electron chi connectivity index (χ3n) is 2.70. The van der Waals surface area contributed by atoms with Gasteiger partial charge in [0.15, 0.2) is 0 Å². The van der Waals surface area contributed by atoms with Gasteiger partial charge in [0.2, 0.25) is 0 Å². The van der Waals surface area contributed by atoms with Gasteiger partial charge >= 0.3 is 0 Å². The van der Waals surface area contributed by atoms with Crippen LogP contribution in [-0.4, -0.2) is 0 Å². The molecule has 0 aromatic heterocycles. The zero-order valence-corrected chi connectivity index (χ0v) is 11.9. The maximum Gasteiger partial charge on any atom is 0.119 e. The van der Waals surface area contributed by atoms with Gasteiger partial charge in [0.25, 0.3) is 0 Å². The standard InChI is InChI=1S/C15H16BrNO/c1-11(17)13-5-7-15(8-6-13)18-10-12-3-2-4-14(16)9-12/h2-9,11H,10,17H2,1H3/t11-/m1/s1. The summed E-state index contributed by atoms with van der Waals surface area (Å²) in [6.07, 6.45) is 0. The van der Waals surface area contributed by atoms with E-state index in [1.807, 2.05) is 49.4 Å². The molecule has 3 heteroatoms. The smallest absolute Gasteiger partial charge is 0.119 e. The van der Waals surface area contributed by atoms with Crippen molar-refractivity contribution in [2.45, 2.75) is 19.6 Å². The third-order valence-corrected chi connectivity index (χ3v) is 3.19. The van der Waals surface area contributed by atoms with Gasteiger partial charge in [-0.05, 0) is 42.3 Å². The van der Waals surface area contributed by atoms with Gasteiger partial charge in [0.1, 0.15) is 12.4 Å². The first-order valence-corrected chi connectivity index (χ1v) is 6.67. The molecule has 0 amide bonds. The molecular weight excluding hydrogens is 290 g/mol. The van der Waals surface area contributed by atoms with E-state index in [1.165, 1.54) is 0 Å². The Kier molecular flexibility index (Phi) is 4.39. The Bertz CT molecular complexity index is 508.